The van der Waals surface area contributed by atoms with E-state index < -0.39 is 0 Å². The zero-order valence-corrected chi connectivity index (χ0v) is 33.6. The van der Waals surface area contributed by atoms with Gasteiger partial charge in [-0.3, -0.25) is 4.57 Å². The first-order chi connectivity index (χ1) is 29.4. The van der Waals surface area contributed by atoms with Crippen molar-refractivity contribution in [1.82, 2.24) is 29.1 Å². The van der Waals surface area contributed by atoms with E-state index >= 15 is 0 Å². The second-order valence-corrected chi connectivity index (χ2v) is 16.3. The molecule has 0 atom stereocenters. The second-order valence-electron chi connectivity index (χ2n) is 16.3. The highest BCUT2D eigenvalue weighted by atomic mass is 15.2. The molecule has 11 aromatic rings. The highest BCUT2D eigenvalue weighted by molar-refractivity contribution is 6.25. The SMILES string of the molecule is CC(C)(C)c1cc2c3ccccc3n(-c3nc(-c4ccccc4)nc(-c4cccc(-c5cccc(-c6ccccc6)n5)c4)n3)c2c2c1c1ccccc1n2-c1ccccc1. The van der Waals surface area contributed by atoms with E-state index in [9.17, 15) is 0 Å². The van der Waals surface area contributed by atoms with Crippen molar-refractivity contribution in [3.63, 3.8) is 0 Å². The van der Waals surface area contributed by atoms with Crippen LogP contribution >= 0.6 is 0 Å². The minimum atomic E-state index is -0.150. The van der Waals surface area contributed by atoms with Crippen LogP contribution in [-0.4, -0.2) is 29.1 Å². The van der Waals surface area contributed by atoms with E-state index in [1.807, 2.05) is 36.4 Å². The van der Waals surface area contributed by atoms with Crippen molar-refractivity contribution in [3.05, 3.63) is 194 Å². The van der Waals surface area contributed by atoms with Gasteiger partial charge in [0.05, 0.1) is 33.5 Å². The maximum atomic E-state index is 5.42. The molecule has 6 heteroatoms. The standard InChI is InChI=1S/C54H40N6/c1-54(2,3)43-34-42-40-27-13-15-31-46(40)60(49(42)50-48(43)41-28-14-16-32-47(41)59(50)39-25-11-6-12-26-39)53-57-51(36-21-9-5-10-22-36)56-52(58-53)38-24-17-23-37(33-38)45-30-18-29-44(55-45)35-19-7-4-8-20-35/h4-34H,1-3H3. The van der Waals surface area contributed by atoms with Crippen LogP contribution in [0.15, 0.2) is 188 Å². The fourth-order valence-electron chi connectivity index (χ4n) is 8.74. The molecule has 0 radical (unpaired) electrons. The van der Waals surface area contributed by atoms with E-state index in [4.69, 9.17) is 19.9 Å². The van der Waals surface area contributed by atoms with Gasteiger partial charge in [-0.05, 0) is 59.5 Å². The third-order valence-corrected chi connectivity index (χ3v) is 11.5. The van der Waals surface area contributed by atoms with Gasteiger partial charge in [-0.1, -0.05) is 160 Å². The smallest absolute Gasteiger partial charge is 0.238 e. The fourth-order valence-corrected chi connectivity index (χ4v) is 8.74. The molecule has 0 bridgehead atoms. The number of nitrogens with zero attached hydrogens (tertiary/aromatic N) is 6. The van der Waals surface area contributed by atoms with E-state index in [1.54, 1.807) is 0 Å². The Morgan fingerprint density at radius 1 is 0.383 bits per heavy atom. The van der Waals surface area contributed by atoms with Crippen molar-refractivity contribution >= 4 is 43.6 Å². The lowest BCUT2D eigenvalue weighted by atomic mass is 9.83. The summed E-state index contributed by atoms with van der Waals surface area (Å²) in [5, 5.41) is 4.73. The molecule has 0 saturated carbocycles. The van der Waals surface area contributed by atoms with Gasteiger partial charge in [-0.2, -0.15) is 9.97 Å². The average Bonchev–Trinajstić information content (AvgIpc) is 3.83. The molecular weight excluding hydrogens is 733 g/mol. The Balaban J connectivity index is 1.23. The molecule has 0 aliphatic carbocycles. The molecular formula is C54H40N6. The van der Waals surface area contributed by atoms with E-state index in [-0.39, 0.29) is 5.41 Å². The summed E-state index contributed by atoms with van der Waals surface area (Å²) in [5.41, 5.74) is 12.2. The molecule has 0 aliphatic heterocycles. The van der Waals surface area contributed by atoms with Crippen LogP contribution in [-0.2, 0) is 5.41 Å². The lowest BCUT2D eigenvalue weighted by molar-refractivity contribution is 0.597. The number of rotatable bonds is 6. The van der Waals surface area contributed by atoms with Gasteiger partial charge in [0.2, 0.25) is 5.95 Å². The van der Waals surface area contributed by atoms with Crippen molar-refractivity contribution in [3.8, 4) is 56.9 Å². The topological polar surface area (TPSA) is 61.4 Å². The second kappa shape index (κ2) is 14.0. The summed E-state index contributed by atoms with van der Waals surface area (Å²) in [6.07, 6.45) is 0. The highest BCUT2D eigenvalue weighted by Gasteiger charge is 2.29. The molecule has 0 N–H and O–H groups in total. The Morgan fingerprint density at radius 2 is 0.917 bits per heavy atom. The van der Waals surface area contributed by atoms with Crippen LogP contribution in [0.4, 0.5) is 0 Å². The summed E-state index contributed by atoms with van der Waals surface area (Å²) >= 11 is 0. The van der Waals surface area contributed by atoms with Crippen LogP contribution in [0.1, 0.15) is 26.3 Å². The highest BCUT2D eigenvalue weighted by Crippen LogP contribution is 2.46. The van der Waals surface area contributed by atoms with Crippen LogP contribution in [0.2, 0.25) is 0 Å². The minimum absolute atomic E-state index is 0.150. The minimum Gasteiger partial charge on any atom is -0.307 e. The Morgan fingerprint density at radius 3 is 1.62 bits per heavy atom. The van der Waals surface area contributed by atoms with E-state index in [2.05, 4.69) is 182 Å². The third-order valence-electron chi connectivity index (χ3n) is 11.5. The van der Waals surface area contributed by atoms with E-state index in [0.717, 1.165) is 72.2 Å². The van der Waals surface area contributed by atoms with Crippen molar-refractivity contribution in [1.29, 1.82) is 0 Å². The first-order valence-electron chi connectivity index (χ1n) is 20.4. The molecule has 0 aliphatic rings. The largest absolute Gasteiger partial charge is 0.307 e. The Labute approximate surface area is 348 Å². The van der Waals surface area contributed by atoms with Gasteiger partial charge in [-0.25, -0.2) is 9.97 Å². The Bertz CT molecular complexity index is 3400. The lowest BCUT2D eigenvalue weighted by Crippen LogP contribution is -2.12. The summed E-state index contributed by atoms with van der Waals surface area (Å²) < 4.78 is 4.70. The first kappa shape index (κ1) is 35.5. The summed E-state index contributed by atoms with van der Waals surface area (Å²) in [5.74, 6) is 1.73. The van der Waals surface area contributed by atoms with Crippen molar-refractivity contribution in [2.45, 2.75) is 26.2 Å². The maximum Gasteiger partial charge on any atom is 0.238 e. The van der Waals surface area contributed by atoms with Gasteiger partial charge in [-0.15, -0.1) is 0 Å². The number of benzene rings is 7. The molecule has 4 heterocycles. The molecule has 11 rings (SSSR count). The normalized spacial score (nSPS) is 11.9. The molecule has 286 valence electrons. The molecule has 0 saturated heterocycles. The van der Waals surface area contributed by atoms with Crippen LogP contribution in [0, 0.1) is 0 Å². The summed E-state index contributed by atoms with van der Waals surface area (Å²) in [4.78, 5) is 21.0. The van der Waals surface area contributed by atoms with E-state index in [1.165, 1.54) is 16.3 Å². The number of para-hydroxylation sites is 3. The molecule has 0 fully saturated rings. The number of fused-ring (bicyclic) bond motifs is 7. The van der Waals surface area contributed by atoms with Gasteiger partial charge in [0.15, 0.2) is 11.6 Å². The summed E-state index contributed by atoms with van der Waals surface area (Å²) in [6, 6.07) is 65.6. The molecule has 4 aromatic heterocycles. The Hall–Kier alpha value is -7.70. The van der Waals surface area contributed by atoms with Crippen molar-refractivity contribution in [2.24, 2.45) is 0 Å². The summed E-state index contributed by atoms with van der Waals surface area (Å²) in [7, 11) is 0. The van der Waals surface area contributed by atoms with Crippen molar-refractivity contribution in [2.75, 3.05) is 0 Å². The quantitative estimate of drug-likeness (QED) is 0.169. The monoisotopic (exact) mass is 772 g/mol. The number of aromatic nitrogens is 6. The van der Waals surface area contributed by atoms with Crippen LogP contribution in [0.25, 0.3) is 101 Å². The molecule has 0 unspecified atom stereocenters. The predicted octanol–water partition coefficient (Wildman–Crippen LogP) is 13.4. The molecule has 0 spiro atoms. The number of pyridine rings is 1. The predicted molar refractivity (Wildman–Crippen MR) is 247 cm³/mol. The maximum absolute atomic E-state index is 5.42. The number of hydrogen-bond donors (Lipinski definition) is 0. The van der Waals surface area contributed by atoms with Gasteiger partial charge >= 0.3 is 0 Å². The zero-order chi connectivity index (χ0) is 40.4. The molecule has 7 aromatic carbocycles. The summed E-state index contributed by atoms with van der Waals surface area (Å²) in [6.45, 7) is 6.94. The zero-order valence-electron chi connectivity index (χ0n) is 33.6. The van der Waals surface area contributed by atoms with E-state index in [0.29, 0.717) is 17.6 Å². The first-order valence-corrected chi connectivity index (χ1v) is 20.4. The lowest BCUT2D eigenvalue weighted by Gasteiger charge is -2.22. The Kier molecular flexibility index (Phi) is 8.27. The van der Waals surface area contributed by atoms with Gasteiger partial charge in [0.25, 0.3) is 0 Å². The molecule has 0 amide bonds. The van der Waals surface area contributed by atoms with Crippen LogP contribution in [0.5, 0.6) is 0 Å². The van der Waals surface area contributed by atoms with Gasteiger partial charge in [0.1, 0.15) is 0 Å². The average molecular weight is 773 g/mol. The molecule has 60 heavy (non-hydrogen) atoms. The van der Waals surface area contributed by atoms with Gasteiger partial charge < -0.3 is 4.57 Å². The fraction of sp³-hybridized carbons (Fsp3) is 0.0741. The molecule has 6 nitrogen and oxygen atoms in total. The van der Waals surface area contributed by atoms with Gasteiger partial charge in [0, 0.05) is 49.5 Å². The van der Waals surface area contributed by atoms with Crippen LogP contribution in [0.3, 0.4) is 0 Å². The van der Waals surface area contributed by atoms with Crippen LogP contribution < -0.4 is 0 Å². The van der Waals surface area contributed by atoms with Crippen molar-refractivity contribution < 1.29 is 0 Å². The third kappa shape index (κ3) is 5.87. The number of hydrogen-bond acceptors (Lipinski definition) is 4.